The van der Waals surface area contributed by atoms with E-state index in [4.69, 9.17) is 4.74 Å². The average molecular weight is 242 g/mol. The first kappa shape index (κ1) is 9.69. The zero-order chi connectivity index (χ0) is 7.28. The first-order chi connectivity index (χ1) is 4.22. The number of halogens is 1. The molecule has 0 rings (SSSR count). The maximum atomic E-state index is 5.39. The van der Waals surface area contributed by atoms with Crippen molar-refractivity contribution < 1.29 is 4.74 Å². The predicted molar refractivity (Wildman–Crippen MR) is 49.1 cm³/mol. The zero-order valence-electron chi connectivity index (χ0n) is 6.36. The minimum absolute atomic E-state index is 0.423. The van der Waals surface area contributed by atoms with Crippen molar-refractivity contribution in [3.8, 4) is 0 Å². The second-order valence-corrected chi connectivity index (χ2v) is 3.17. The van der Waals surface area contributed by atoms with Crippen molar-refractivity contribution in [2.75, 3.05) is 11.0 Å². The van der Waals surface area contributed by atoms with Gasteiger partial charge in [0.2, 0.25) is 0 Å². The highest BCUT2D eigenvalue weighted by atomic mass is 127. The molecule has 0 saturated carbocycles. The fourth-order valence-corrected chi connectivity index (χ4v) is 1.27. The van der Waals surface area contributed by atoms with Gasteiger partial charge in [0.1, 0.15) is 0 Å². The monoisotopic (exact) mass is 242 g/mol. The molecule has 0 amide bonds. The summed E-state index contributed by atoms with van der Waals surface area (Å²) in [5, 5.41) is 0. The fraction of sp³-hybridized carbons (Fsp3) is 1.00. The summed E-state index contributed by atoms with van der Waals surface area (Å²) in [6, 6.07) is 0. The molecule has 0 spiro atoms. The van der Waals surface area contributed by atoms with Crippen LogP contribution in [0.15, 0.2) is 0 Å². The Kier molecular flexibility index (Phi) is 5.89. The van der Waals surface area contributed by atoms with Gasteiger partial charge in [0, 0.05) is 11.0 Å². The maximum Gasteiger partial charge on any atom is 0.0579 e. The van der Waals surface area contributed by atoms with Crippen molar-refractivity contribution in [2.24, 2.45) is 5.92 Å². The van der Waals surface area contributed by atoms with Crippen LogP contribution in [0.2, 0.25) is 0 Å². The van der Waals surface area contributed by atoms with E-state index in [0.29, 0.717) is 12.0 Å². The summed E-state index contributed by atoms with van der Waals surface area (Å²) in [6.07, 6.45) is 0.423. The minimum atomic E-state index is 0.423. The lowest BCUT2D eigenvalue weighted by molar-refractivity contribution is 0.0465. The molecule has 9 heavy (non-hydrogen) atoms. The van der Waals surface area contributed by atoms with Crippen LogP contribution in [-0.4, -0.2) is 17.1 Å². The van der Waals surface area contributed by atoms with Crippen molar-refractivity contribution in [3.05, 3.63) is 0 Å². The Morgan fingerprint density at radius 2 is 2.00 bits per heavy atom. The smallest absolute Gasteiger partial charge is 0.0579 e. The van der Waals surface area contributed by atoms with Crippen molar-refractivity contribution in [2.45, 2.75) is 26.9 Å². The summed E-state index contributed by atoms with van der Waals surface area (Å²) in [4.78, 5) is 0. The highest BCUT2D eigenvalue weighted by Gasteiger charge is 2.08. The van der Waals surface area contributed by atoms with Crippen LogP contribution in [0.4, 0.5) is 0 Å². The summed E-state index contributed by atoms with van der Waals surface area (Å²) in [5.41, 5.74) is 0. The lowest BCUT2D eigenvalue weighted by Crippen LogP contribution is -2.18. The molecule has 0 fully saturated rings. The number of rotatable bonds is 4. The zero-order valence-corrected chi connectivity index (χ0v) is 8.51. The Labute approximate surface area is 71.3 Å². The van der Waals surface area contributed by atoms with Crippen molar-refractivity contribution in [1.82, 2.24) is 0 Å². The van der Waals surface area contributed by atoms with E-state index in [2.05, 4.69) is 36.4 Å². The molecule has 0 aromatic rings. The lowest BCUT2D eigenvalue weighted by atomic mass is 10.1. The van der Waals surface area contributed by atoms with Crippen molar-refractivity contribution in [3.63, 3.8) is 0 Å². The van der Waals surface area contributed by atoms with E-state index in [9.17, 15) is 0 Å². The molecule has 1 nitrogen and oxygen atoms in total. The first-order valence-electron chi connectivity index (χ1n) is 3.40. The van der Waals surface area contributed by atoms with Gasteiger partial charge in [-0.3, -0.25) is 0 Å². The Morgan fingerprint density at radius 3 is 2.33 bits per heavy atom. The molecular formula is C7H15IO. The van der Waals surface area contributed by atoms with E-state index in [0.717, 1.165) is 6.61 Å². The van der Waals surface area contributed by atoms with Gasteiger partial charge in [-0.1, -0.05) is 29.5 Å². The van der Waals surface area contributed by atoms with Crippen LogP contribution < -0.4 is 0 Å². The van der Waals surface area contributed by atoms with Crippen LogP contribution in [0.3, 0.4) is 0 Å². The number of alkyl halides is 1. The first-order valence-corrected chi connectivity index (χ1v) is 4.92. The highest BCUT2D eigenvalue weighted by molar-refractivity contribution is 14.1. The fourth-order valence-electron chi connectivity index (χ4n) is 0.553. The summed E-state index contributed by atoms with van der Waals surface area (Å²) in [5.74, 6) is 0.686. The van der Waals surface area contributed by atoms with E-state index >= 15 is 0 Å². The Bertz CT molecular complexity index is 65.9. The van der Waals surface area contributed by atoms with Crippen molar-refractivity contribution >= 4 is 22.6 Å². The third kappa shape index (κ3) is 4.14. The molecule has 56 valence electrons. The molecule has 0 heterocycles. The quantitative estimate of drug-likeness (QED) is 0.543. The van der Waals surface area contributed by atoms with Crippen LogP contribution in [0.1, 0.15) is 20.8 Å². The second kappa shape index (κ2) is 5.47. The standard InChI is InChI=1S/C7H15IO/c1-4-9-7(3)6(2)5-8/h6-7H,4-5H2,1-3H3. The van der Waals surface area contributed by atoms with Crippen LogP contribution in [-0.2, 0) is 4.74 Å². The molecule has 0 bridgehead atoms. The van der Waals surface area contributed by atoms with Gasteiger partial charge in [0.05, 0.1) is 6.10 Å². The minimum Gasteiger partial charge on any atom is -0.378 e. The largest absolute Gasteiger partial charge is 0.378 e. The summed E-state index contributed by atoms with van der Waals surface area (Å²) >= 11 is 2.39. The summed E-state index contributed by atoms with van der Waals surface area (Å²) < 4.78 is 6.57. The maximum absolute atomic E-state index is 5.39. The number of hydrogen-bond acceptors (Lipinski definition) is 1. The molecule has 0 aliphatic carbocycles. The van der Waals surface area contributed by atoms with Crippen LogP contribution in [0.5, 0.6) is 0 Å². The van der Waals surface area contributed by atoms with Crippen molar-refractivity contribution in [1.29, 1.82) is 0 Å². The number of hydrogen-bond donors (Lipinski definition) is 0. The van der Waals surface area contributed by atoms with Gasteiger partial charge in [-0.2, -0.15) is 0 Å². The van der Waals surface area contributed by atoms with Gasteiger partial charge in [-0.05, 0) is 19.8 Å². The summed E-state index contributed by atoms with van der Waals surface area (Å²) in [7, 11) is 0. The normalized spacial score (nSPS) is 17.3. The molecule has 0 radical (unpaired) electrons. The SMILES string of the molecule is CCOC(C)C(C)CI. The van der Waals surface area contributed by atoms with Gasteiger partial charge >= 0.3 is 0 Å². The number of ether oxygens (including phenoxy) is 1. The van der Waals surface area contributed by atoms with Gasteiger partial charge in [-0.15, -0.1) is 0 Å². The molecular weight excluding hydrogens is 227 g/mol. The molecule has 0 aliphatic rings. The lowest BCUT2D eigenvalue weighted by Gasteiger charge is -2.16. The van der Waals surface area contributed by atoms with Gasteiger partial charge < -0.3 is 4.74 Å². The van der Waals surface area contributed by atoms with E-state index in [1.165, 1.54) is 4.43 Å². The van der Waals surface area contributed by atoms with E-state index < -0.39 is 0 Å². The Hall–Kier alpha value is 0.690. The van der Waals surface area contributed by atoms with Crippen LogP contribution in [0.25, 0.3) is 0 Å². The molecule has 0 N–H and O–H groups in total. The third-order valence-electron chi connectivity index (χ3n) is 1.47. The van der Waals surface area contributed by atoms with Crippen LogP contribution >= 0.6 is 22.6 Å². The molecule has 0 aromatic carbocycles. The molecule has 0 saturated heterocycles. The molecule has 0 aliphatic heterocycles. The average Bonchev–Trinajstić information content (AvgIpc) is 1.87. The molecule has 0 aromatic heterocycles. The van der Waals surface area contributed by atoms with Gasteiger partial charge in [0.25, 0.3) is 0 Å². The third-order valence-corrected chi connectivity index (χ3v) is 2.86. The second-order valence-electron chi connectivity index (χ2n) is 2.29. The summed E-state index contributed by atoms with van der Waals surface area (Å²) in [6.45, 7) is 7.22. The van der Waals surface area contributed by atoms with E-state index in [1.54, 1.807) is 0 Å². The van der Waals surface area contributed by atoms with E-state index in [-0.39, 0.29) is 0 Å². The molecule has 2 heteroatoms. The topological polar surface area (TPSA) is 9.23 Å². The van der Waals surface area contributed by atoms with Gasteiger partial charge in [0.15, 0.2) is 0 Å². The molecule has 2 unspecified atom stereocenters. The Morgan fingerprint density at radius 1 is 1.44 bits per heavy atom. The van der Waals surface area contributed by atoms with Crippen LogP contribution in [0, 0.1) is 5.92 Å². The highest BCUT2D eigenvalue weighted by Crippen LogP contribution is 2.09. The van der Waals surface area contributed by atoms with Gasteiger partial charge in [-0.25, -0.2) is 0 Å². The Balaban J connectivity index is 3.32. The predicted octanol–water partition coefficient (Wildman–Crippen LogP) is 2.48. The molecule has 2 atom stereocenters. The van der Waals surface area contributed by atoms with E-state index in [1.807, 2.05) is 6.92 Å².